The SMILES string of the molecule is CCN(CC)CCCOc1ccc(-n2cc(-c3ccc(OCCc4ccc(C)cc4)cc3)nc2C2CCN(Cc3ncc[nH]3)CC2)cc1. The minimum atomic E-state index is 0.368. The smallest absolute Gasteiger partial charge is 0.120 e. The fourth-order valence-electron chi connectivity index (χ4n) is 6.46. The van der Waals surface area contributed by atoms with Gasteiger partial charge in [0.2, 0.25) is 0 Å². The first kappa shape index (κ1) is 33.5. The molecule has 0 amide bonds. The number of nitrogens with one attached hydrogen (secondary N) is 1. The van der Waals surface area contributed by atoms with E-state index in [9.17, 15) is 0 Å². The number of benzene rings is 3. The number of nitrogens with zero attached hydrogens (tertiary/aromatic N) is 5. The number of hydrogen-bond acceptors (Lipinski definition) is 6. The lowest BCUT2D eigenvalue weighted by atomic mass is 9.95. The molecule has 0 aliphatic carbocycles. The van der Waals surface area contributed by atoms with E-state index < -0.39 is 0 Å². The number of hydrogen-bond donors (Lipinski definition) is 1. The molecule has 1 fully saturated rings. The maximum absolute atomic E-state index is 6.10. The molecule has 3 heterocycles. The van der Waals surface area contributed by atoms with E-state index in [2.05, 4.69) is 124 Å². The summed E-state index contributed by atoms with van der Waals surface area (Å²) >= 11 is 0. The summed E-state index contributed by atoms with van der Waals surface area (Å²) in [6, 6.07) is 25.5. The molecule has 2 aromatic heterocycles. The Hall–Kier alpha value is -4.40. The number of piperidine rings is 1. The van der Waals surface area contributed by atoms with Crippen LogP contribution in [-0.2, 0) is 13.0 Å². The number of H-pyrrole nitrogens is 1. The van der Waals surface area contributed by atoms with E-state index in [1.54, 1.807) is 0 Å². The van der Waals surface area contributed by atoms with E-state index in [1.807, 2.05) is 12.4 Å². The normalized spacial score (nSPS) is 14.1. The molecule has 3 aromatic carbocycles. The molecule has 8 nitrogen and oxygen atoms in total. The first-order valence-corrected chi connectivity index (χ1v) is 17.6. The Morgan fingerprint density at radius 3 is 2.21 bits per heavy atom. The van der Waals surface area contributed by atoms with Crippen LogP contribution in [0.25, 0.3) is 16.9 Å². The third-order valence-electron chi connectivity index (χ3n) is 9.44. The molecule has 1 saturated heterocycles. The lowest BCUT2D eigenvalue weighted by Crippen LogP contribution is -2.33. The van der Waals surface area contributed by atoms with Gasteiger partial charge in [0.05, 0.1) is 25.5 Å². The molecule has 252 valence electrons. The predicted molar refractivity (Wildman–Crippen MR) is 193 cm³/mol. The summed E-state index contributed by atoms with van der Waals surface area (Å²) in [5, 5.41) is 0. The summed E-state index contributed by atoms with van der Waals surface area (Å²) in [6.07, 6.45) is 9.93. The van der Waals surface area contributed by atoms with Gasteiger partial charge >= 0.3 is 0 Å². The standard InChI is InChI=1S/C40H50N6O2/c1-4-44(5-2)24-6-27-47-37-17-13-35(14-18-37)46-29-38(43-40(46)34-19-25-45(26-20-34)30-39-41-22-23-42-39)33-11-15-36(16-12-33)48-28-21-32-9-7-31(3)8-10-32/h7-18,22-23,29,34H,4-6,19-21,24-28,30H2,1-3H3,(H,41,42). The van der Waals surface area contributed by atoms with E-state index in [-0.39, 0.29) is 0 Å². The first-order valence-electron chi connectivity index (χ1n) is 17.6. The highest BCUT2D eigenvalue weighted by Crippen LogP contribution is 2.33. The van der Waals surface area contributed by atoms with Crippen molar-refractivity contribution in [2.24, 2.45) is 0 Å². The van der Waals surface area contributed by atoms with Gasteiger partial charge in [-0.1, -0.05) is 43.7 Å². The van der Waals surface area contributed by atoms with E-state index in [1.165, 1.54) is 11.1 Å². The predicted octanol–water partition coefficient (Wildman–Crippen LogP) is 7.68. The molecule has 8 heteroatoms. The largest absolute Gasteiger partial charge is 0.494 e. The van der Waals surface area contributed by atoms with Gasteiger partial charge in [0, 0.05) is 48.7 Å². The number of aryl methyl sites for hydroxylation is 1. The average molecular weight is 647 g/mol. The second-order valence-corrected chi connectivity index (χ2v) is 12.8. The minimum Gasteiger partial charge on any atom is -0.494 e. The van der Waals surface area contributed by atoms with Crippen LogP contribution in [-0.4, -0.2) is 75.3 Å². The second-order valence-electron chi connectivity index (χ2n) is 12.8. The zero-order chi connectivity index (χ0) is 33.1. The number of likely N-dealkylation sites (tertiary alicyclic amines) is 1. The van der Waals surface area contributed by atoms with Gasteiger partial charge < -0.3 is 23.9 Å². The average Bonchev–Trinajstić information content (AvgIpc) is 3.81. The zero-order valence-electron chi connectivity index (χ0n) is 28.8. The molecule has 0 saturated carbocycles. The number of rotatable bonds is 16. The van der Waals surface area contributed by atoms with Gasteiger partial charge in [0.1, 0.15) is 23.1 Å². The summed E-state index contributed by atoms with van der Waals surface area (Å²) in [5.41, 5.74) is 5.74. The fraction of sp³-hybridized carbons (Fsp3) is 0.400. The molecule has 1 aliphatic heterocycles. The fourth-order valence-corrected chi connectivity index (χ4v) is 6.46. The Kier molecular flexibility index (Phi) is 11.6. The van der Waals surface area contributed by atoms with Gasteiger partial charge in [-0.05, 0) is 106 Å². The maximum Gasteiger partial charge on any atom is 0.120 e. The molecule has 1 N–H and O–H groups in total. The summed E-state index contributed by atoms with van der Waals surface area (Å²) in [5.74, 6) is 4.29. The van der Waals surface area contributed by atoms with Crippen LogP contribution < -0.4 is 9.47 Å². The van der Waals surface area contributed by atoms with Crippen molar-refractivity contribution in [3.05, 3.63) is 114 Å². The Morgan fingerprint density at radius 2 is 1.54 bits per heavy atom. The third-order valence-corrected chi connectivity index (χ3v) is 9.44. The van der Waals surface area contributed by atoms with E-state index in [0.717, 1.165) is 112 Å². The van der Waals surface area contributed by atoms with Crippen molar-refractivity contribution in [1.29, 1.82) is 0 Å². The van der Waals surface area contributed by atoms with Crippen LogP contribution in [0, 0.1) is 6.92 Å². The molecule has 5 aromatic rings. The topological polar surface area (TPSA) is 71.4 Å². The van der Waals surface area contributed by atoms with Gasteiger partial charge in [-0.15, -0.1) is 0 Å². The van der Waals surface area contributed by atoms with Crippen LogP contribution in [0.3, 0.4) is 0 Å². The molecular weight excluding hydrogens is 596 g/mol. The van der Waals surface area contributed by atoms with Gasteiger partial charge in [0.25, 0.3) is 0 Å². The van der Waals surface area contributed by atoms with Gasteiger partial charge in [-0.2, -0.15) is 0 Å². The highest BCUT2D eigenvalue weighted by Gasteiger charge is 2.26. The van der Waals surface area contributed by atoms with Gasteiger partial charge in [0.15, 0.2) is 0 Å². The number of ether oxygens (including phenoxy) is 2. The number of aromatic amines is 1. The summed E-state index contributed by atoms with van der Waals surface area (Å²) in [4.78, 5) is 17.9. The van der Waals surface area contributed by atoms with Crippen molar-refractivity contribution in [3.63, 3.8) is 0 Å². The highest BCUT2D eigenvalue weighted by molar-refractivity contribution is 5.61. The first-order chi connectivity index (χ1) is 23.6. The van der Waals surface area contributed by atoms with E-state index in [0.29, 0.717) is 12.5 Å². The Bertz CT molecular complexity index is 1650. The molecule has 0 unspecified atom stereocenters. The van der Waals surface area contributed by atoms with E-state index >= 15 is 0 Å². The van der Waals surface area contributed by atoms with Gasteiger partial charge in [-0.25, -0.2) is 9.97 Å². The molecule has 0 atom stereocenters. The van der Waals surface area contributed by atoms with E-state index in [4.69, 9.17) is 14.5 Å². The van der Waals surface area contributed by atoms with Crippen LogP contribution >= 0.6 is 0 Å². The van der Waals surface area contributed by atoms with Crippen molar-refractivity contribution in [2.45, 2.75) is 58.9 Å². The lowest BCUT2D eigenvalue weighted by Gasteiger charge is -2.31. The Morgan fingerprint density at radius 1 is 0.854 bits per heavy atom. The summed E-state index contributed by atoms with van der Waals surface area (Å²) in [7, 11) is 0. The van der Waals surface area contributed by atoms with Crippen LogP contribution in [0.5, 0.6) is 11.5 Å². The monoisotopic (exact) mass is 646 g/mol. The van der Waals surface area contributed by atoms with Crippen LogP contribution in [0.2, 0.25) is 0 Å². The zero-order valence-corrected chi connectivity index (χ0v) is 28.8. The minimum absolute atomic E-state index is 0.368. The van der Waals surface area contributed by atoms with Gasteiger partial charge in [-0.3, -0.25) is 4.90 Å². The number of imidazole rings is 2. The molecule has 48 heavy (non-hydrogen) atoms. The van der Waals surface area contributed by atoms with Crippen LogP contribution in [0.1, 0.15) is 61.8 Å². The van der Waals surface area contributed by atoms with Crippen molar-refractivity contribution in [3.8, 4) is 28.4 Å². The summed E-state index contributed by atoms with van der Waals surface area (Å²) < 4.78 is 14.5. The maximum atomic E-state index is 6.10. The molecule has 0 radical (unpaired) electrons. The molecule has 0 spiro atoms. The molecule has 6 rings (SSSR count). The molecule has 1 aliphatic rings. The Labute approximate surface area is 285 Å². The second kappa shape index (κ2) is 16.6. The molecular formula is C40H50N6O2. The Balaban J connectivity index is 1.14. The third kappa shape index (κ3) is 8.94. The number of aromatic nitrogens is 4. The van der Waals surface area contributed by atoms with Crippen LogP contribution in [0.4, 0.5) is 0 Å². The van der Waals surface area contributed by atoms with Crippen molar-refractivity contribution < 1.29 is 9.47 Å². The van der Waals surface area contributed by atoms with Crippen molar-refractivity contribution >= 4 is 0 Å². The lowest BCUT2D eigenvalue weighted by molar-refractivity contribution is 0.197. The molecule has 0 bridgehead atoms. The highest BCUT2D eigenvalue weighted by atomic mass is 16.5. The van der Waals surface area contributed by atoms with Crippen LogP contribution in [0.15, 0.2) is 91.4 Å². The van der Waals surface area contributed by atoms with Crippen molar-refractivity contribution in [2.75, 3.05) is 45.9 Å². The van der Waals surface area contributed by atoms with Crippen molar-refractivity contribution in [1.82, 2.24) is 29.3 Å². The summed E-state index contributed by atoms with van der Waals surface area (Å²) in [6.45, 7) is 14.0. The quantitative estimate of drug-likeness (QED) is 0.111.